The summed E-state index contributed by atoms with van der Waals surface area (Å²) in [5.41, 5.74) is 0.602. The van der Waals surface area contributed by atoms with Gasteiger partial charge in [-0.25, -0.2) is 0 Å². The van der Waals surface area contributed by atoms with Crippen LogP contribution < -0.4 is 15.4 Å². The average molecular weight is 430 g/mol. The predicted octanol–water partition coefficient (Wildman–Crippen LogP) is 3.96. The highest BCUT2D eigenvalue weighted by Crippen LogP contribution is 2.36. The Morgan fingerprint density at radius 1 is 1.59 bits per heavy atom. The number of carbonyl (C=O) groups is 1. The van der Waals surface area contributed by atoms with E-state index in [0.717, 1.165) is 22.5 Å². The molecule has 1 saturated heterocycles. The van der Waals surface area contributed by atoms with Crippen molar-refractivity contribution in [2.45, 2.75) is 19.4 Å². The lowest BCUT2D eigenvalue weighted by atomic mass is 10.2. The molecule has 1 fully saturated rings. The first kappa shape index (κ1) is 19.9. The van der Waals surface area contributed by atoms with Gasteiger partial charge in [0.05, 0.1) is 16.8 Å². The molecule has 0 radical (unpaired) electrons. The van der Waals surface area contributed by atoms with Gasteiger partial charge in [-0.3, -0.25) is 4.79 Å². The van der Waals surface area contributed by atoms with E-state index < -0.39 is 0 Å². The van der Waals surface area contributed by atoms with Gasteiger partial charge in [-0.1, -0.05) is 11.6 Å². The molecule has 1 heterocycles. The summed E-state index contributed by atoms with van der Waals surface area (Å²) in [6, 6.07) is 3.68. The Labute approximate surface area is 154 Å². The van der Waals surface area contributed by atoms with Crippen LogP contribution in [0.4, 0.5) is 5.69 Å². The van der Waals surface area contributed by atoms with Crippen molar-refractivity contribution in [1.82, 2.24) is 5.32 Å². The molecule has 0 bridgehead atoms. The number of amides is 1. The molecule has 22 heavy (non-hydrogen) atoms. The average Bonchev–Trinajstić information content (AvgIpc) is 2.43. The van der Waals surface area contributed by atoms with E-state index in [1.807, 2.05) is 18.7 Å². The second-order valence-corrected chi connectivity index (χ2v) is 7.12. The number of carbonyl (C=O) groups excluding carboxylic acids is 1. The van der Waals surface area contributed by atoms with Gasteiger partial charge in [-0.05, 0) is 35.0 Å². The zero-order valence-electron chi connectivity index (χ0n) is 12.2. The van der Waals surface area contributed by atoms with Gasteiger partial charge in [0.15, 0.2) is 5.75 Å². The Kier molecular flexibility index (Phi) is 8.94. The van der Waals surface area contributed by atoms with E-state index in [-0.39, 0.29) is 24.4 Å². The third-order valence-corrected chi connectivity index (χ3v) is 4.94. The largest absolute Gasteiger partial charge is 0.491 e. The van der Waals surface area contributed by atoms with Crippen LogP contribution in [-0.2, 0) is 4.79 Å². The van der Waals surface area contributed by atoms with Crippen molar-refractivity contribution < 1.29 is 9.53 Å². The molecule has 8 heteroatoms. The normalized spacial score (nSPS) is 17.5. The summed E-state index contributed by atoms with van der Waals surface area (Å²) in [4.78, 5) is 12.2. The highest BCUT2D eigenvalue weighted by molar-refractivity contribution is 9.10. The minimum absolute atomic E-state index is 0. The third kappa shape index (κ3) is 5.81. The number of thioether (sulfide) groups is 1. The van der Waals surface area contributed by atoms with Crippen molar-refractivity contribution in [1.29, 1.82) is 0 Å². The maximum absolute atomic E-state index is 12.2. The molecule has 1 aromatic rings. The standard InChI is InChI=1S/C14H18BrClN2O2S.ClH/c1-2-20-14-11(15)5-9(16)6-12(14)18-13(19)7-10-8-21-4-3-17-10;/h5-6,10,17H,2-4,7-8H2,1H3,(H,18,19);1H. The van der Waals surface area contributed by atoms with E-state index >= 15 is 0 Å². The first-order chi connectivity index (χ1) is 10.1. The number of hydrogen-bond acceptors (Lipinski definition) is 4. The van der Waals surface area contributed by atoms with Gasteiger partial charge in [0.2, 0.25) is 5.91 Å². The number of halogens is 3. The van der Waals surface area contributed by atoms with Gasteiger partial charge in [0.1, 0.15) is 0 Å². The number of anilines is 1. The molecule has 0 aliphatic carbocycles. The summed E-state index contributed by atoms with van der Waals surface area (Å²) in [5.74, 6) is 2.64. The summed E-state index contributed by atoms with van der Waals surface area (Å²) in [6.45, 7) is 3.37. The monoisotopic (exact) mass is 428 g/mol. The van der Waals surface area contributed by atoms with Gasteiger partial charge in [0, 0.05) is 35.5 Å². The van der Waals surface area contributed by atoms with Crippen molar-refractivity contribution in [2.75, 3.05) is 30.0 Å². The fraction of sp³-hybridized carbons (Fsp3) is 0.500. The number of ether oxygens (including phenoxy) is 1. The molecular weight excluding hydrogens is 411 g/mol. The van der Waals surface area contributed by atoms with Gasteiger partial charge in [0.25, 0.3) is 0 Å². The van der Waals surface area contributed by atoms with E-state index in [2.05, 4.69) is 26.6 Å². The minimum atomic E-state index is -0.0369. The molecule has 124 valence electrons. The van der Waals surface area contributed by atoms with Gasteiger partial charge < -0.3 is 15.4 Å². The molecule has 4 nitrogen and oxygen atoms in total. The van der Waals surface area contributed by atoms with Crippen LogP contribution in [0.2, 0.25) is 5.02 Å². The molecule has 0 aromatic heterocycles. The van der Waals surface area contributed by atoms with Crippen LogP contribution in [0.3, 0.4) is 0 Å². The van der Waals surface area contributed by atoms with E-state index in [4.69, 9.17) is 16.3 Å². The van der Waals surface area contributed by atoms with Crippen LogP contribution in [-0.4, -0.2) is 36.6 Å². The minimum Gasteiger partial charge on any atom is -0.491 e. The fourth-order valence-electron chi connectivity index (χ4n) is 2.12. The lowest BCUT2D eigenvalue weighted by molar-refractivity contribution is -0.116. The highest BCUT2D eigenvalue weighted by Gasteiger charge is 2.18. The zero-order valence-corrected chi connectivity index (χ0v) is 16.1. The third-order valence-electron chi connectivity index (χ3n) is 3.00. The van der Waals surface area contributed by atoms with Crippen LogP contribution in [0.25, 0.3) is 0 Å². The summed E-state index contributed by atoms with van der Waals surface area (Å²) in [6.07, 6.45) is 0.447. The highest BCUT2D eigenvalue weighted by atomic mass is 79.9. The first-order valence-electron chi connectivity index (χ1n) is 6.83. The molecular formula is C14H19BrCl2N2O2S. The number of nitrogens with one attached hydrogen (secondary N) is 2. The quantitative estimate of drug-likeness (QED) is 0.743. The van der Waals surface area contributed by atoms with Gasteiger partial charge in [-0.15, -0.1) is 12.4 Å². The predicted molar refractivity (Wildman–Crippen MR) is 99.9 cm³/mol. The Bertz CT molecular complexity index is 514. The second kappa shape index (κ2) is 9.88. The van der Waals surface area contributed by atoms with Crippen LogP contribution in [0.5, 0.6) is 5.75 Å². The van der Waals surface area contributed by atoms with Crippen molar-refractivity contribution in [3.05, 3.63) is 21.6 Å². The van der Waals surface area contributed by atoms with E-state index in [1.54, 1.807) is 12.1 Å². The Morgan fingerprint density at radius 2 is 2.36 bits per heavy atom. The first-order valence-corrected chi connectivity index (χ1v) is 9.15. The molecule has 2 N–H and O–H groups in total. The van der Waals surface area contributed by atoms with Gasteiger partial charge in [-0.2, -0.15) is 11.8 Å². The fourth-order valence-corrected chi connectivity index (χ4v) is 3.99. The molecule has 1 aliphatic heterocycles. The van der Waals surface area contributed by atoms with Crippen molar-refractivity contribution in [2.24, 2.45) is 0 Å². The summed E-state index contributed by atoms with van der Waals surface area (Å²) < 4.78 is 6.31. The maximum atomic E-state index is 12.2. The summed E-state index contributed by atoms with van der Waals surface area (Å²) >= 11 is 11.3. The lowest BCUT2D eigenvalue weighted by Crippen LogP contribution is -2.39. The number of hydrogen-bond donors (Lipinski definition) is 2. The van der Waals surface area contributed by atoms with Crippen molar-refractivity contribution >= 4 is 63.3 Å². The Morgan fingerprint density at radius 3 is 3.00 bits per heavy atom. The number of benzene rings is 1. The Balaban J connectivity index is 0.00000242. The lowest BCUT2D eigenvalue weighted by Gasteiger charge is -2.23. The van der Waals surface area contributed by atoms with Gasteiger partial charge >= 0.3 is 0 Å². The van der Waals surface area contributed by atoms with Crippen LogP contribution >= 0.6 is 51.7 Å². The molecule has 1 aliphatic rings. The molecule has 1 unspecified atom stereocenters. The van der Waals surface area contributed by atoms with E-state index in [0.29, 0.717) is 29.5 Å². The van der Waals surface area contributed by atoms with Crippen LogP contribution in [0.15, 0.2) is 16.6 Å². The molecule has 0 saturated carbocycles. The summed E-state index contributed by atoms with van der Waals surface area (Å²) in [7, 11) is 0. The van der Waals surface area contributed by atoms with E-state index in [9.17, 15) is 4.79 Å². The maximum Gasteiger partial charge on any atom is 0.226 e. The smallest absolute Gasteiger partial charge is 0.226 e. The van der Waals surface area contributed by atoms with E-state index in [1.165, 1.54) is 0 Å². The molecule has 2 rings (SSSR count). The molecule has 1 atom stereocenters. The zero-order chi connectivity index (χ0) is 15.2. The Hall–Kier alpha value is -0.140. The topological polar surface area (TPSA) is 50.4 Å². The molecule has 1 amide bonds. The number of rotatable bonds is 5. The van der Waals surface area contributed by atoms with Crippen LogP contribution in [0, 0.1) is 0 Å². The summed E-state index contributed by atoms with van der Waals surface area (Å²) in [5, 5.41) is 6.79. The molecule has 1 aromatic carbocycles. The van der Waals surface area contributed by atoms with Crippen molar-refractivity contribution in [3.63, 3.8) is 0 Å². The van der Waals surface area contributed by atoms with Crippen molar-refractivity contribution in [3.8, 4) is 5.75 Å². The molecule has 0 spiro atoms. The van der Waals surface area contributed by atoms with Crippen LogP contribution in [0.1, 0.15) is 13.3 Å². The second-order valence-electron chi connectivity index (χ2n) is 4.68. The SMILES string of the molecule is CCOc1c(Br)cc(Cl)cc1NC(=O)CC1CSCCN1.Cl.